The van der Waals surface area contributed by atoms with Gasteiger partial charge < -0.3 is 25.1 Å². The van der Waals surface area contributed by atoms with E-state index in [0.29, 0.717) is 23.5 Å². The first-order valence-corrected chi connectivity index (χ1v) is 8.55. The Kier molecular flexibility index (Phi) is 3.81. The van der Waals surface area contributed by atoms with Crippen LogP contribution in [0.5, 0.6) is 5.75 Å². The Labute approximate surface area is 145 Å². The number of rotatable bonds is 3. The van der Waals surface area contributed by atoms with E-state index in [2.05, 4.69) is 15.8 Å². The van der Waals surface area contributed by atoms with Gasteiger partial charge in [-0.05, 0) is 18.9 Å². The van der Waals surface area contributed by atoms with Gasteiger partial charge in [-0.15, -0.1) is 0 Å². The molecule has 0 aromatic heterocycles. The molecular weight excluding hydrogens is 324 g/mol. The number of hydrogen-bond donors (Lipinski definition) is 3. The second-order valence-electron chi connectivity index (χ2n) is 6.79. The minimum atomic E-state index is -1.81. The van der Waals surface area contributed by atoms with Crippen LogP contribution in [0.3, 0.4) is 0 Å². The van der Waals surface area contributed by atoms with Crippen LogP contribution in [-0.2, 0) is 15.1 Å². The largest absolute Gasteiger partial charge is 0.497 e. The predicted octanol–water partition coefficient (Wildman–Crippen LogP) is 0.212. The normalized spacial score (nSPS) is 30.4. The average Bonchev–Trinajstić information content (AvgIpc) is 2.76. The highest BCUT2D eigenvalue weighted by atomic mass is 16.5. The van der Waals surface area contributed by atoms with Crippen LogP contribution >= 0.6 is 0 Å². The minimum absolute atomic E-state index is 0.103. The number of benzene rings is 1. The van der Waals surface area contributed by atoms with E-state index in [-0.39, 0.29) is 6.04 Å². The third-order valence-corrected chi connectivity index (χ3v) is 5.57. The van der Waals surface area contributed by atoms with E-state index in [9.17, 15) is 14.7 Å². The van der Waals surface area contributed by atoms with Crippen molar-refractivity contribution in [1.82, 2.24) is 15.2 Å². The van der Waals surface area contributed by atoms with Gasteiger partial charge in [0.25, 0.3) is 5.91 Å². The Bertz CT molecular complexity index is 717. The lowest BCUT2D eigenvalue weighted by atomic mass is 9.88. The van der Waals surface area contributed by atoms with Crippen LogP contribution < -0.4 is 15.6 Å². The molecule has 1 amide bonds. The van der Waals surface area contributed by atoms with E-state index in [1.165, 1.54) is 0 Å². The van der Waals surface area contributed by atoms with E-state index in [0.717, 1.165) is 32.5 Å². The monoisotopic (exact) mass is 346 g/mol. The highest BCUT2D eigenvalue weighted by Gasteiger charge is 2.56. The molecule has 1 aromatic carbocycles. The van der Waals surface area contributed by atoms with Crippen molar-refractivity contribution in [3.63, 3.8) is 0 Å². The van der Waals surface area contributed by atoms with Crippen LogP contribution in [-0.4, -0.2) is 66.1 Å². The summed E-state index contributed by atoms with van der Waals surface area (Å²) >= 11 is 0. The molecule has 4 heterocycles. The summed E-state index contributed by atoms with van der Waals surface area (Å²) in [6.45, 7) is 3.29. The van der Waals surface area contributed by atoms with Gasteiger partial charge >= 0.3 is 5.97 Å². The van der Waals surface area contributed by atoms with Gasteiger partial charge in [0.05, 0.1) is 12.8 Å². The van der Waals surface area contributed by atoms with Crippen LogP contribution in [0, 0.1) is 0 Å². The van der Waals surface area contributed by atoms with Crippen molar-refractivity contribution in [2.24, 2.45) is 0 Å². The summed E-state index contributed by atoms with van der Waals surface area (Å²) in [5.41, 5.74) is 4.78. The zero-order valence-electron chi connectivity index (χ0n) is 14.1. The molecule has 0 spiro atoms. The Hall–Kier alpha value is -2.32. The fourth-order valence-corrected chi connectivity index (χ4v) is 4.11. The number of aliphatic carboxylic acids is 1. The molecule has 1 atom stereocenters. The maximum atomic E-state index is 13.4. The fraction of sp³-hybridized carbons (Fsp3) is 0.529. The quantitative estimate of drug-likeness (QED) is 0.674. The van der Waals surface area contributed by atoms with Gasteiger partial charge in [0.1, 0.15) is 5.75 Å². The zero-order valence-corrected chi connectivity index (χ0v) is 14.1. The SMILES string of the molecule is COc1ccc2c(c1)NNC2(C(=O)O)C(=O)N1CCN2CCC1CC2. The number of carboxylic acids is 1. The minimum Gasteiger partial charge on any atom is -0.497 e. The number of piperidine rings is 1. The number of carbonyl (C=O) groups is 2. The first kappa shape index (κ1) is 16.2. The number of carboxylic acid groups (broad SMARTS) is 1. The first-order valence-electron chi connectivity index (χ1n) is 8.55. The van der Waals surface area contributed by atoms with Crippen molar-refractivity contribution in [3.05, 3.63) is 23.8 Å². The summed E-state index contributed by atoms with van der Waals surface area (Å²) in [7, 11) is 1.54. The Morgan fingerprint density at radius 3 is 2.68 bits per heavy atom. The number of ether oxygens (including phenoxy) is 1. The second-order valence-corrected chi connectivity index (χ2v) is 6.79. The number of methoxy groups -OCH3 is 1. The number of fused-ring (bicyclic) bond motifs is 5. The Morgan fingerprint density at radius 2 is 2.00 bits per heavy atom. The molecule has 0 aliphatic carbocycles. The van der Waals surface area contributed by atoms with Crippen LogP contribution in [0.15, 0.2) is 18.2 Å². The Morgan fingerprint density at radius 1 is 1.24 bits per heavy atom. The van der Waals surface area contributed by atoms with Crippen LogP contribution in [0.2, 0.25) is 0 Å². The van der Waals surface area contributed by atoms with E-state index in [1.807, 2.05) is 0 Å². The standard InChI is InChI=1S/C17H22N4O4/c1-25-12-2-3-13-14(10-12)18-19-17(13,16(23)24)15(22)21-9-8-20-6-4-11(21)5-7-20/h2-3,10-11,18-19H,4-9H2,1H3,(H,23,24). The molecule has 3 N–H and O–H groups in total. The van der Waals surface area contributed by atoms with Crippen LogP contribution in [0.4, 0.5) is 5.69 Å². The second kappa shape index (κ2) is 5.89. The average molecular weight is 346 g/mol. The van der Waals surface area contributed by atoms with E-state index in [1.54, 1.807) is 30.2 Å². The van der Waals surface area contributed by atoms with Gasteiger partial charge in [0.2, 0.25) is 5.54 Å². The molecule has 134 valence electrons. The molecule has 2 bridgehead atoms. The molecule has 0 saturated carbocycles. The molecule has 8 heteroatoms. The van der Waals surface area contributed by atoms with Gasteiger partial charge in [0, 0.05) is 43.9 Å². The number of hydrogen-bond acceptors (Lipinski definition) is 6. The molecule has 4 aliphatic heterocycles. The maximum Gasteiger partial charge on any atom is 0.340 e. The van der Waals surface area contributed by atoms with Crippen molar-refractivity contribution in [1.29, 1.82) is 0 Å². The molecule has 4 aliphatic rings. The Balaban J connectivity index is 1.73. The molecule has 3 fully saturated rings. The van der Waals surface area contributed by atoms with E-state index < -0.39 is 17.4 Å². The summed E-state index contributed by atoms with van der Waals surface area (Å²) in [5, 5.41) is 9.99. The highest BCUT2D eigenvalue weighted by molar-refractivity contribution is 6.10. The van der Waals surface area contributed by atoms with E-state index in [4.69, 9.17) is 4.74 Å². The molecular formula is C17H22N4O4. The van der Waals surface area contributed by atoms with E-state index >= 15 is 0 Å². The topological polar surface area (TPSA) is 94.1 Å². The number of amides is 1. The summed E-state index contributed by atoms with van der Waals surface area (Å²) < 4.78 is 5.19. The molecule has 1 aromatic rings. The van der Waals surface area contributed by atoms with Crippen LogP contribution in [0.25, 0.3) is 0 Å². The number of carbonyl (C=O) groups excluding carboxylic acids is 1. The third kappa shape index (κ3) is 2.36. The van der Waals surface area contributed by atoms with Gasteiger partial charge in [0.15, 0.2) is 0 Å². The number of nitrogens with zero attached hydrogens (tertiary/aromatic N) is 2. The first-order chi connectivity index (χ1) is 12.1. The number of nitrogens with one attached hydrogen (secondary N) is 2. The third-order valence-electron chi connectivity index (χ3n) is 5.57. The lowest BCUT2D eigenvalue weighted by molar-refractivity contribution is -0.156. The molecule has 3 saturated heterocycles. The zero-order chi connectivity index (χ0) is 17.6. The van der Waals surface area contributed by atoms with Gasteiger partial charge in [-0.2, -0.15) is 0 Å². The van der Waals surface area contributed by atoms with Crippen molar-refractivity contribution in [2.45, 2.75) is 24.4 Å². The summed E-state index contributed by atoms with van der Waals surface area (Å²) in [6, 6.07) is 5.12. The smallest absolute Gasteiger partial charge is 0.340 e. The molecule has 25 heavy (non-hydrogen) atoms. The highest BCUT2D eigenvalue weighted by Crippen LogP contribution is 2.38. The molecule has 1 unspecified atom stereocenters. The summed E-state index contributed by atoms with van der Waals surface area (Å²) in [6.07, 6.45) is 1.79. The van der Waals surface area contributed by atoms with Crippen molar-refractivity contribution >= 4 is 17.6 Å². The van der Waals surface area contributed by atoms with Gasteiger partial charge in [-0.25, -0.2) is 10.2 Å². The van der Waals surface area contributed by atoms with Crippen molar-refractivity contribution in [3.8, 4) is 5.75 Å². The maximum absolute atomic E-state index is 13.4. The number of hydrazine groups is 1. The van der Waals surface area contributed by atoms with Crippen molar-refractivity contribution in [2.75, 3.05) is 38.7 Å². The molecule has 0 radical (unpaired) electrons. The molecule has 5 rings (SSSR count). The van der Waals surface area contributed by atoms with Crippen molar-refractivity contribution < 1.29 is 19.4 Å². The number of anilines is 1. The molecule has 8 nitrogen and oxygen atoms in total. The van der Waals surface area contributed by atoms with Crippen LogP contribution in [0.1, 0.15) is 18.4 Å². The predicted molar refractivity (Wildman–Crippen MR) is 90.2 cm³/mol. The van der Waals surface area contributed by atoms with Gasteiger partial charge in [-0.3, -0.25) is 4.79 Å². The van der Waals surface area contributed by atoms with Gasteiger partial charge in [-0.1, -0.05) is 6.07 Å². The summed E-state index contributed by atoms with van der Waals surface area (Å²) in [5.74, 6) is -0.999. The lowest BCUT2D eigenvalue weighted by Crippen LogP contribution is -2.60. The summed E-state index contributed by atoms with van der Waals surface area (Å²) in [4.78, 5) is 29.7. The fourth-order valence-electron chi connectivity index (χ4n) is 4.11. The lowest BCUT2D eigenvalue weighted by Gasteiger charge is -2.36.